The summed E-state index contributed by atoms with van der Waals surface area (Å²) in [6.45, 7) is 5.58. The van der Waals surface area contributed by atoms with Gasteiger partial charge in [-0.2, -0.15) is 11.8 Å². The van der Waals surface area contributed by atoms with E-state index in [-0.39, 0.29) is 0 Å². The molecule has 0 heterocycles. The molecule has 0 bridgehead atoms. The van der Waals surface area contributed by atoms with Crippen LogP contribution >= 0.6 is 11.8 Å². The molecule has 1 aliphatic carbocycles. The molecule has 0 aliphatic heterocycles. The van der Waals surface area contributed by atoms with E-state index in [9.17, 15) is 0 Å². The first kappa shape index (κ1) is 16.9. The normalized spacial score (nSPS) is 17.8. The molecule has 118 valence electrons. The summed E-state index contributed by atoms with van der Waals surface area (Å²) >= 11 is 2.22. The largest absolute Gasteiger partial charge is 0.313 e. The number of benzene rings is 1. The lowest BCUT2D eigenvalue weighted by atomic mass is 10.0. The van der Waals surface area contributed by atoms with E-state index in [1.807, 2.05) is 0 Å². The minimum Gasteiger partial charge on any atom is -0.313 e. The van der Waals surface area contributed by atoms with Crippen molar-refractivity contribution in [2.45, 2.75) is 70.1 Å². The topological polar surface area (TPSA) is 12.0 Å². The lowest BCUT2D eigenvalue weighted by Gasteiger charge is -2.25. The summed E-state index contributed by atoms with van der Waals surface area (Å²) in [7, 11) is 0. The van der Waals surface area contributed by atoms with Crippen molar-refractivity contribution in [2.24, 2.45) is 0 Å². The van der Waals surface area contributed by atoms with Gasteiger partial charge in [0.15, 0.2) is 0 Å². The van der Waals surface area contributed by atoms with Crippen molar-refractivity contribution in [1.82, 2.24) is 5.32 Å². The van der Waals surface area contributed by atoms with Crippen LogP contribution < -0.4 is 5.32 Å². The maximum atomic E-state index is 3.76. The van der Waals surface area contributed by atoms with E-state index in [2.05, 4.69) is 55.2 Å². The van der Waals surface area contributed by atoms with Gasteiger partial charge in [-0.25, -0.2) is 0 Å². The zero-order valence-electron chi connectivity index (χ0n) is 13.7. The second-order valence-electron chi connectivity index (χ2n) is 6.44. The van der Waals surface area contributed by atoms with Crippen LogP contribution in [-0.2, 0) is 6.42 Å². The van der Waals surface area contributed by atoms with Gasteiger partial charge < -0.3 is 5.32 Å². The molecule has 0 radical (unpaired) electrons. The Morgan fingerprint density at radius 2 is 2.05 bits per heavy atom. The van der Waals surface area contributed by atoms with E-state index in [1.54, 1.807) is 0 Å². The van der Waals surface area contributed by atoms with Crippen LogP contribution in [0.4, 0.5) is 0 Å². The van der Waals surface area contributed by atoms with E-state index < -0.39 is 0 Å². The smallest absolute Gasteiger partial charge is 0.0198 e. The van der Waals surface area contributed by atoms with Gasteiger partial charge in [0.2, 0.25) is 0 Å². The first-order valence-corrected chi connectivity index (χ1v) is 9.73. The Morgan fingerprint density at radius 3 is 2.76 bits per heavy atom. The van der Waals surface area contributed by atoms with E-state index >= 15 is 0 Å². The molecule has 1 N–H and O–H groups in total. The third kappa shape index (κ3) is 6.44. The van der Waals surface area contributed by atoms with E-state index in [4.69, 9.17) is 0 Å². The van der Waals surface area contributed by atoms with Crippen LogP contribution in [0.25, 0.3) is 0 Å². The summed E-state index contributed by atoms with van der Waals surface area (Å²) in [4.78, 5) is 0. The molecule has 0 amide bonds. The third-order valence-electron chi connectivity index (χ3n) is 4.33. The summed E-state index contributed by atoms with van der Waals surface area (Å²) < 4.78 is 0. The van der Waals surface area contributed by atoms with Crippen LogP contribution in [-0.4, -0.2) is 23.6 Å². The Kier molecular flexibility index (Phi) is 7.66. The maximum absolute atomic E-state index is 3.76. The Labute approximate surface area is 135 Å². The van der Waals surface area contributed by atoms with Crippen molar-refractivity contribution in [3.63, 3.8) is 0 Å². The fourth-order valence-electron chi connectivity index (χ4n) is 3.15. The summed E-state index contributed by atoms with van der Waals surface area (Å²) in [6, 6.07) is 9.62. The Balaban J connectivity index is 1.84. The zero-order valence-corrected chi connectivity index (χ0v) is 14.6. The van der Waals surface area contributed by atoms with Gasteiger partial charge in [0, 0.05) is 17.0 Å². The summed E-state index contributed by atoms with van der Waals surface area (Å²) in [5, 5.41) is 4.67. The summed E-state index contributed by atoms with van der Waals surface area (Å²) in [6.07, 6.45) is 9.62. The molecule has 2 heteroatoms. The molecule has 1 saturated carbocycles. The van der Waals surface area contributed by atoms with Gasteiger partial charge in [-0.15, -0.1) is 0 Å². The van der Waals surface area contributed by atoms with Gasteiger partial charge in [-0.3, -0.25) is 0 Å². The molecule has 21 heavy (non-hydrogen) atoms. The molecule has 0 spiro atoms. The molecule has 0 aromatic heterocycles. The molecular formula is C19H31NS. The summed E-state index contributed by atoms with van der Waals surface area (Å²) in [5.74, 6) is 1.26. The number of thioether (sulfide) groups is 1. The van der Waals surface area contributed by atoms with Crippen molar-refractivity contribution in [3.8, 4) is 0 Å². The number of nitrogens with one attached hydrogen (secondary N) is 1. The minimum atomic E-state index is 0.624. The number of hydrogen-bond acceptors (Lipinski definition) is 2. The first-order chi connectivity index (χ1) is 10.3. The molecule has 0 saturated heterocycles. The molecular weight excluding hydrogens is 274 g/mol. The highest BCUT2D eigenvalue weighted by molar-refractivity contribution is 7.99. The molecule has 1 unspecified atom stereocenters. The lowest BCUT2D eigenvalue weighted by molar-refractivity contribution is 0.511. The van der Waals surface area contributed by atoms with Crippen LogP contribution in [0.1, 0.15) is 56.6 Å². The predicted molar refractivity (Wildman–Crippen MR) is 96.3 cm³/mol. The molecule has 1 aromatic rings. The van der Waals surface area contributed by atoms with Gasteiger partial charge >= 0.3 is 0 Å². The quantitative estimate of drug-likeness (QED) is 0.727. The average Bonchev–Trinajstić information content (AvgIpc) is 2.51. The first-order valence-electron chi connectivity index (χ1n) is 8.68. The highest BCUT2D eigenvalue weighted by Crippen LogP contribution is 2.28. The maximum Gasteiger partial charge on any atom is 0.0198 e. The van der Waals surface area contributed by atoms with E-state index in [0.717, 1.165) is 11.8 Å². The molecule has 1 aliphatic rings. The van der Waals surface area contributed by atoms with Crippen LogP contribution in [0.15, 0.2) is 24.3 Å². The Bertz CT molecular complexity index is 398. The predicted octanol–water partition coefficient (Wildman–Crippen LogP) is 4.97. The second kappa shape index (κ2) is 9.53. The highest BCUT2D eigenvalue weighted by Gasteiger charge is 2.16. The summed E-state index contributed by atoms with van der Waals surface area (Å²) in [5.41, 5.74) is 2.86. The third-order valence-corrected chi connectivity index (χ3v) is 5.87. The van der Waals surface area contributed by atoms with Crippen LogP contribution in [0.3, 0.4) is 0 Å². The number of rotatable bonds is 8. The van der Waals surface area contributed by atoms with Crippen molar-refractivity contribution in [1.29, 1.82) is 0 Å². The van der Waals surface area contributed by atoms with Crippen LogP contribution in [0.5, 0.6) is 0 Å². The molecule has 2 rings (SSSR count). The van der Waals surface area contributed by atoms with Crippen molar-refractivity contribution < 1.29 is 0 Å². The van der Waals surface area contributed by atoms with Crippen LogP contribution in [0, 0.1) is 6.92 Å². The van der Waals surface area contributed by atoms with Gasteiger partial charge in [0.05, 0.1) is 0 Å². The van der Waals surface area contributed by atoms with Gasteiger partial charge in [-0.05, 0) is 44.7 Å². The highest BCUT2D eigenvalue weighted by atomic mass is 32.2. The zero-order chi connectivity index (χ0) is 14.9. The SMILES string of the molecule is CCCNC(CSC1CCCCC1)Cc1cccc(C)c1. The lowest BCUT2D eigenvalue weighted by Crippen LogP contribution is -2.34. The number of hydrogen-bond donors (Lipinski definition) is 1. The molecule has 1 atom stereocenters. The van der Waals surface area contributed by atoms with E-state index in [0.29, 0.717) is 6.04 Å². The van der Waals surface area contributed by atoms with E-state index in [1.165, 1.54) is 61.8 Å². The Hall–Kier alpha value is -0.470. The fourth-order valence-corrected chi connectivity index (χ4v) is 4.55. The Morgan fingerprint density at radius 1 is 1.24 bits per heavy atom. The van der Waals surface area contributed by atoms with Gasteiger partial charge in [-0.1, -0.05) is 56.0 Å². The molecule has 1 aromatic carbocycles. The molecule has 1 nitrogen and oxygen atoms in total. The van der Waals surface area contributed by atoms with Gasteiger partial charge in [0.25, 0.3) is 0 Å². The standard InChI is InChI=1S/C19H31NS/c1-3-12-20-18(14-17-9-7-8-16(2)13-17)15-21-19-10-5-4-6-11-19/h7-9,13,18-20H,3-6,10-12,14-15H2,1-2H3. The van der Waals surface area contributed by atoms with Crippen LogP contribution in [0.2, 0.25) is 0 Å². The second-order valence-corrected chi connectivity index (χ2v) is 7.77. The molecule has 1 fully saturated rings. The van der Waals surface area contributed by atoms with Gasteiger partial charge in [0.1, 0.15) is 0 Å². The van der Waals surface area contributed by atoms with Crippen molar-refractivity contribution in [3.05, 3.63) is 35.4 Å². The monoisotopic (exact) mass is 305 g/mol. The van der Waals surface area contributed by atoms with Crippen molar-refractivity contribution >= 4 is 11.8 Å². The fraction of sp³-hybridized carbons (Fsp3) is 0.684. The minimum absolute atomic E-state index is 0.624. The average molecular weight is 306 g/mol. The van der Waals surface area contributed by atoms with Crippen molar-refractivity contribution in [2.75, 3.05) is 12.3 Å². The number of aryl methyl sites for hydroxylation is 1.